The van der Waals surface area contributed by atoms with Crippen LogP contribution in [0, 0.1) is 12.3 Å². The van der Waals surface area contributed by atoms with Crippen molar-refractivity contribution in [2.75, 3.05) is 26.8 Å². The molecule has 1 aromatic rings. The molecule has 0 radical (unpaired) electrons. The summed E-state index contributed by atoms with van der Waals surface area (Å²) in [6.45, 7) is 6.71. The maximum absolute atomic E-state index is 12.8. The summed E-state index contributed by atoms with van der Waals surface area (Å²) in [4.78, 5) is 26.1. The van der Waals surface area contributed by atoms with Crippen molar-refractivity contribution in [2.24, 2.45) is 5.41 Å². The summed E-state index contributed by atoms with van der Waals surface area (Å²) in [5.41, 5.74) is 0.325. The highest BCUT2D eigenvalue weighted by molar-refractivity contribution is 5.95. The summed E-state index contributed by atoms with van der Waals surface area (Å²) in [6.07, 6.45) is 2.74. The average molecular weight is 323 g/mol. The number of amides is 1. The lowest BCUT2D eigenvalue weighted by Crippen LogP contribution is -2.52. The smallest absolute Gasteiger partial charge is 0.313 e. The van der Waals surface area contributed by atoms with E-state index in [0.717, 1.165) is 5.69 Å². The van der Waals surface area contributed by atoms with Gasteiger partial charge in [0.05, 0.1) is 18.4 Å². The first kappa shape index (κ1) is 17.5. The summed E-state index contributed by atoms with van der Waals surface area (Å²) in [5.74, 6) is -1.07. The van der Waals surface area contributed by atoms with E-state index in [4.69, 9.17) is 4.74 Å². The molecule has 7 heteroatoms. The number of ether oxygens (including phenoxy) is 1. The number of aliphatic carboxylic acids is 1. The largest absolute Gasteiger partial charge is 0.481 e. The second-order valence-electron chi connectivity index (χ2n) is 6.53. The molecule has 1 N–H and O–H groups in total. The van der Waals surface area contributed by atoms with Gasteiger partial charge in [0.2, 0.25) is 0 Å². The molecule has 1 unspecified atom stereocenters. The van der Waals surface area contributed by atoms with E-state index in [2.05, 4.69) is 5.10 Å². The quantitative estimate of drug-likeness (QED) is 0.892. The molecule has 2 heterocycles. The van der Waals surface area contributed by atoms with Crippen molar-refractivity contribution in [3.63, 3.8) is 0 Å². The van der Waals surface area contributed by atoms with Crippen LogP contribution in [0.2, 0.25) is 0 Å². The van der Waals surface area contributed by atoms with E-state index in [1.54, 1.807) is 15.8 Å². The van der Waals surface area contributed by atoms with Gasteiger partial charge in [-0.15, -0.1) is 0 Å². The highest BCUT2D eigenvalue weighted by atomic mass is 16.5. The van der Waals surface area contributed by atoms with Crippen LogP contribution in [0.4, 0.5) is 0 Å². The molecular weight excluding hydrogens is 298 g/mol. The van der Waals surface area contributed by atoms with Crippen LogP contribution >= 0.6 is 0 Å². The molecule has 0 aliphatic carbocycles. The Hall–Kier alpha value is -1.89. The number of hydrogen-bond donors (Lipinski definition) is 1. The Balaban J connectivity index is 2.24. The summed E-state index contributed by atoms with van der Waals surface area (Å²) in [5, 5.41) is 13.9. The van der Waals surface area contributed by atoms with Gasteiger partial charge in [-0.25, -0.2) is 0 Å². The first-order valence-electron chi connectivity index (χ1n) is 7.88. The summed E-state index contributed by atoms with van der Waals surface area (Å²) < 4.78 is 6.91. The number of nitrogens with zero attached hydrogens (tertiary/aromatic N) is 3. The van der Waals surface area contributed by atoms with Crippen LogP contribution < -0.4 is 0 Å². The van der Waals surface area contributed by atoms with Crippen LogP contribution in [0.15, 0.2) is 6.20 Å². The standard InChI is InChI=1S/C16H25N3O4/c1-11(2)19-12(3)13(8-17-19)14(20)18-7-5-6-16(9-18,10-23-4)15(21)22/h8,11H,5-7,9-10H2,1-4H3,(H,21,22). The summed E-state index contributed by atoms with van der Waals surface area (Å²) in [6, 6.07) is 0.171. The van der Waals surface area contributed by atoms with Gasteiger partial charge in [0.1, 0.15) is 5.41 Å². The minimum Gasteiger partial charge on any atom is -0.481 e. The van der Waals surface area contributed by atoms with Crippen molar-refractivity contribution in [1.82, 2.24) is 14.7 Å². The highest BCUT2D eigenvalue weighted by Gasteiger charge is 2.44. The van der Waals surface area contributed by atoms with Crippen LogP contribution in [-0.4, -0.2) is 58.5 Å². The Labute approximate surface area is 136 Å². The molecule has 1 fully saturated rings. The van der Waals surface area contributed by atoms with Crippen LogP contribution in [0.1, 0.15) is 48.8 Å². The number of carboxylic acid groups (broad SMARTS) is 1. The normalized spacial score (nSPS) is 21.7. The fraction of sp³-hybridized carbons (Fsp3) is 0.688. The van der Waals surface area contributed by atoms with E-state index in [1.165, 1.54) is 7.11 Å². The van der Waals surface area contributed by atoms with Crippen molar-refractivity contribution >= 4 is 11.9 Å². The van der Waals surface area contributed by atoms with Crippen LogP contribution in [-0.2, 0) is 9.53 Å². The SMILES string of the molecule is COCC1(C(=O)O)CCCN(C(=O)c2cnn(C(C)C)c2C)C1. The topological polar surface area (TPSA) is 84.7 Å². The second-order valence-corrected chi connectivity index (χ2v) is 6.53. The van der Waals surface area contributed by atoms with Crippen molar-refractivity contribution in [3.05, 3.63) is 17.5 Å². The fourth-order valence-electron chi connectivity index (χ4n) is 3.26. The van der Waals surface area contributed by atoms with Gasteiger partial charge in [0, 0.05) is 31.9 Å². The Morgan fingerprint density at radius 1 is 1.48 bits per heavy atom. The predicted molar refractivity (Wildman–Crippen MR) is 84.4 cm³/mol. The maximum Gasteiger partial charge on any atom is 0.313 e. The summed E-state index contributed by atoms with van der Waals surface area (Å²) in [7, 11) is 1.49. The van der Waals surface area contributed by atoms with Crippen molar-refractivity contribution < 1.29 is 19.4 Å². The van der Waals surface area contributed by atoms with Gasteiger partial charge in [0.25, 0.3) is 5.91 Å². The fourth-order valence-corrected chi connectivity index (χ4v) is 3.26. The van der Waals surface area contributed by atoms with E-state index in [-0.39, 0.29) is 25.1 Å². The van der Waals surface area contributed by atoms with Crippen molar-refractivity contribution in [1.29, 1.82) is 0 Å². The molecule has 2 rings (SSSR count). The number of hydrogen-bond acceptors (Lipinski definition) is 4. The molecule has 0 bridgehead atoms. The summed E-state index contributed by atoms with van der Waals surface area (Å²) >= 11 is 0. The third-order valence-corrected chi connectivity index (χ3v) is 4.50. The molecule has 1 aliphatic heterocycles. The van der Waals surface area contributed by atoms with Gasteiger partial charge in [-0.2, -0.15) is 5.10 Å². The molecule has 1 aromatic heterocycles. The van der Waals surface area contributed by atoms with Crippen LogP contribution in [0.25, 0.3) is 0 Å². The monoisotopic (exact) mass is 323 g/mol. The molecule has 0 saturated carbocycles. The minimum atomic E-state index is -1.02. The van der Waals surface area contributed by atoms with Gasteiger partial charge in [-0.1, -0.05) is 0 Å². The second kappa shape index (κ2) is 6.70. The number of methoxy groups -OCH3 is 1. The molecular formula is C16H25N3O4. The number of carbonyl (C=O) groups is 2. The first-order chi connectivity index (χ1) is 10.8. The van der Waals surface area contributed by atoms with Gasteiger partial charge in [-0.3, -0.25) is 14.3 Å². The van der Waals surface area contributed by atoms with E-state index in [0.29, 0.717) is 24.9 Å². The Bertz CT molecular complexity index is 592. The number of carboxylic acids is 1. The number of aromatic nitrogens is 2. The Kier molecular flexibility index (Phi) is 5.09. The van der Waals surface area contributed by atoms with Gasteiger partial charge in [-0.05, 0) is 33.6 Å². The van der Waals surface area contributed by atoms with Crippen LogP contribution in [0.5, 0.6) is 0 Å². The molecule has 1 amide bonds. The lowest BCUT2D eigenvalue weighted by molar-refractivity contribution is -0.155. The zero-order valence-electron chi connectivity index (χ0n) is 14.2. The molecule has 0 aromatic carbocycles. The zero-order valence-corrected chi connectivity index (χ0v) is 14.2. The van der Waals surface area contributed by atoms with E-state index >= 15 is 0 Å². The van der Waals surface area contributed by atoms with Gasteiger partial charge in [0.15, 0.2) is 0 Å². The van der Waals surface area contributed by atoms with E-state index < -0.39 is 11.4 Å². The lowest BCUT2D eigenvalue weighted by Gasteiger charge is -2.39. The number of piperidine rings is 1. The van der Waals surface area contributed by atoms with Crippen molar-refractivity contribution in [3.8, 4) is 0 Å². The predicted octanol–water partition coefficient (Wildman–Crippen LogP) is 1.73. The van der Waals surface area contributed by atoms with Gasteiger partial charge < -0.3 is 14.7 Å². The third kappa shape index (κ3) is 3.24. The molecule has 7 nitrogen and oxygen atoms in total. The Morgan fingerprint density at radius 2 is 2.17 bits per heavy atom. The first-order valence-corrected chi connectivity index (χ1v) is 7.88. The minimum absolute atomic E-state index is 0.107. The molecule has 23 heavy (non-hydrogen) atoms. The lowest BCUT2D eigenvalue weighted by atomic mass is 9.80. The molecule has 0 spiro atoms. The highest BCUT2D eigenvalue weighted by Crippen LogP contribution is 2.32. The molecule has 1 atom stereocenters. The average Bonchev–Trinajstić information content (AvgIpc) is 2.88. The molecule has 128 valence electrons. The van der Waals surface area contributed by atoms with Crippen molar-refractivity contribution in [2.45, 2.75) is 39.7 Å². The zero-order chi connectivity index (χ0) is 17.2. The number of likely N-dealkylation sites (tertiary alicyclic amines) is 1. The van der Waals surface area contributed by atoms with Gasteiger partial charge >= 0.3 is 5.97 Å². The number of carbonyl (C=O) groups excluding carboxylic acids is 1. The van der Waals surface area contributed by atoms with E-state index in [9.17, 15) is 14.7 Å². The third-order valence-electron chi connectivity index (χ3n) is 4.50. The van der Waals surface area contributed by atoms with E-state index in [1.807, 2.05) is 20.8 Å². The number of rotatable bonds is 5. The maximum atomic E-state index is 12.8. The Morgan fingerprint density at radius 3 is 2.70 bits per heavy atom. The molecule has 1 aliphatic rings. The molecule has 1 saturated heterocycles. The van der Waals surface area contributed by atoms with Crippen LogP contribution in [0.3, 0.4) is 0 Å².